The second kappa shape index (κ2) is 2.49. The topological polar surface area (TPSA) is 20.3 Å². The van der Waals surface area contributed by atoms with Crippen molar-refractivity contribution < 1.29 is 4.79 Å². The maximum Gasteiger partial charge on any atom is 0.228 e. The quantitative estimate of drug-likeness (QED) is 0.609. The number of likely N-dealkylation sites (tertiary alicyclic amines) is 1. The second-order valence-corrected chi connectivity index (χ2v) is 6.58. The fraction of sp³-hybridized carbons (Fsp3) is 0.909. The minimum absolute atomic E-state index is 0.00852. The average Bonchev–Trinajstić information content (AvgIpc) is 2.24. The van der Waals surface area contributed by atoms with E-state index in [0.29, 0.717) is 17.9 Å². The monoisotopic (exact) mass is 213 g/mol. The van der Waals surface area contributed by atoms with Gasteiger partial charge < -0.3 is 4.90 Å². The molecule has 1 saturated heterocycles. The van der Waals surface area contributed by atoms with Crippen molar-refractivity contribution in [3.63, 3.8) is 0 Å². The molecule has 2 nitrogen and oxygen atoms in total. The standard InChI is InChI=1S/C11H19NOS/c1-6-7-8(11(6,4)14)10(2,3)9(13)12(7)5/h6-8,14H,1-5H3. The summed E-state index contributed by atoms with van der Waals surface area (Å²) in [5, 5.41) is 0. The zero-order valence-electron chi connectivity index (χ0n) is 9.53. The Morgan fingerprint density at radius 3 is 2.29 bits per heavy atom. The number of nitrogens with zero attached hydrogens (tertiary/aromatic N) is 1. The lowest BCUT2D eigenvalue weighted by Gasteiger charge is -2.57. The number of fused-ring (bicyclic) bond motifs is 1. The Hall–Kier alpha value is -0.180. The lowest BCUT2D eigenvalue weighted by Crippen LogP contribution is -2.63. The number of hydrogen-bond acceptors (Lipinski definition) is 2. The first-order valence-corrected chi connectivity index (χ1v) is 5.66. The molecule has 1 heterocycles. The number of carbonyl (C=O) groups is 1. The van der Waals surface area contributed by atoms with E-state index in [4.69, 9.17) is 12.6 Å². The Morgan fingerprint density at radius 1 is 1.36 bits per heavy atom. The van der Waals surface area contributed by atoms with Crippen LogP contribution in [0.15, 0.2) is 0 Å². The highest BCUT2D eigenvalue weighted by Crippen LogP contribution is 2.62. The molecule has 0 aromatic rings. The summed E-state index contributed by atoms with van der Waals surface area (Å²) >= 11 is 4.73. The molecule has 2 rings (SSSR count). The number of carbonyl (C=O) groups excluding carboxylic acids is 1. The Labute approximate surface area is 91.5 Å². The van der Waals surface area contributed by atoms with Crippen molar-refractivity contribution in [1.29, 1.82) is 0 Å². The van der Waals surface area contributed by atoms with Gasteiger partial charge in [0.1, 0.15) is 0 Å². The van der Waals surface area contributed by atoms with Crippen molar-refractivity contribution in [2.24, 2.45) is 17.3 Å². The molecule has 2 aliphatic rings. The van der Waals surface area contributed by atoms with Gasteiger partial charge in [-0.25, -0.2) is 0 Å². The molecule has 1 amide bonds. The maximum absolute atomic E-state index is 12.0. The van der Waals surface area contributed by atoms with Gasteiger partial charge >= 0.3 is 0 Å². The van der Waals surface area contributed by atoms with Gasteiger partial charge in [-0.1, -0.05) is 20.8 Å². The number of rotatable bonds is 0. The van der Waals surface area contributed by atoms with Gasteiger partial charge in [0.15, 0.2) is 0 Å². The number of thiol groups is 1. The van der Waals surface area contributed by atoms with E-state index in [1.54, 1.807) is 0 Å². The van der Waals surface area contributed by atoms with E-state index >= 15 is 0 Å². The van der Waals surface area contributed by atoms with Crippen LogP contribution in [-0.4, -0.2) is 28.6 Å². The molecule has 3 heteroatoms. The Kier molecular flexibility index (Phi) is 1.84. The lowest BCUT2D eigenvalue weighted by atomic mass is 9.55. The Morgan fingerprint density at radius 2 is 1.86 bits per heavy atom. The van der Waals surface area contributed by atoms with Gasteiger partial charge in [0.25, 0.3) is 0 Å². The molecule has 4 atom stereocenters. The molecule has 1 saturated carbocycles. The maximum atomic E-state index is 12.0. The van der Waals surface area contributed by atoms with Gasteiger partial charge in [-0.15, -0.1) is 0 Å². The lowest BCUT2D eigenvalue weighted by molar-refractivity contribution is -0.134. The Balaban J connectivity index is 2.42. The van der Waals surface area contributed by atoms with Gasteiger partial charge in [-0.3, -0.25) is 4.79 Å². The second-order valence-electron chi connectivity index (χ2n) is 5.62. The summed E-state index contributed by atoms with van der Waals surface area (Å²) in [6, 6.07) is 0.403. The van der Waals surface area contributed by atoms with Crippen molar-refractivity contribution in [3.05, 3.63) is 0 Å². The number of amides is 1. The first kappa shape index (κ1) is 10.3. The molecule has 0 aromatic carbocycles. The summed E-state index contributed by atoms with van der Waals surface area (Å²) in [7, 11) is 1.92. The van der Waals surface area contributed by atoms with Crippen molar-refractivity contribution in [2.75, 3.05) is 7.05 Å². The predicted octanol–water partition coefficient (Wildman–Crippen LogP) is 1.81. The van der Waals surface area contributed by atoms with Gasteiger partial charge in [-0.05, 0) is 12.8 Å². The van der Waals surface area contributed by atoms with Gasteiger partial charge in [0, 0.05) is 29.2 Å². The van der Waals surface area contributed by atoms with Crippen LogP contribution in [0.2, 0.25) is 0 Å². The zero-order valence-corrected chi connectivity index (χ0v) is 10.4. The highest BCUT2D eigenvalue weighted by Gasteiger charge is 2.69. The summed E-state index contributed by atoms with van der Waals surface area (Å²) in [6.07, 6.45) is 0. The van der Waals surface area contributed by atoms with Crippen molar-refractivity contribution in [3.8, 4) is 0 Å². The third-order valence-electron chi connectivity index (χ3n) is 4.50. The largest absolute Gasteiger partial charge is 0.342 e. The van der Waals surface area contributed by atoms with E-state index in [1.165, 1.54) is 0 Å². The Bertz CT molecular complexity index is 298. The van der Waals surface area contributed by atoms with Crippen molar-refractivity contribution in [1.82, 2.24) is 4.90 Å². The predicted molar refractivity (Wildman–Crippen MR) is 60.4 cm³/mol. The molecule has 14 heavy (non-hydrogen) atoms. The minimum atomic E-state index is -0.234. The summed E-state index contributed by atoms with van der Waals surface area (Å²) in [4.78, 5) is 13.9. The summed E-state index contributed by atoms with van der Waals surface area (Å²) < 4.78 is 0.00852. The summed E-state index contributed by atoms with van der Waals surface area (Å²) in [5.74, 6) is 1.16. The van der Waals surface area contributed by atoms with E-state index < -0.39 is 0 Å². The molecule has 1 aliphatic heterocycles. The summed E-state index contributed by atoms with van der Waals surface area (Å²) in [5.41, 5.74) is -0.234. The van der Waals surface area contributed by atoms with Crippen LogP contribution >= 0.6 is 12.6 Å². The van der Waals surface area contributed by atoms with Crippen LogP contribution < -0.4 is 0 Å². The minimum Gasteiger partial charge on any atom is -0.342 e. The zero-order chi connectivity index (χ0) is 10.9. The SMILES string of the molecule is CC1C2C(C(C)(C)C(=O)N2C)C1(C)S. The molecular formula is C11H19NOS. The third kappa shape index (κ3) is 0.873. The van der Waals surface area contributed by atoms with Crippen LogP contribution in [-0.2, 0) is 4.79 Å². The fourth-order valence-corrected chi connectivity index (χ4v) is 4.21. The van der Waals surface area contributed by atoms with Crippen molar-refractivity contribution >= 4 is 18.5 Å². The van der Waals surface area contributed by atoms with E-state index in [1.807, 2.05) is 11.9 Å². The van der Waals surface area contributed by atoms with Crippen LogP contribution in [0.5, 0.6) is 0 Å². The molecule has 80 valence electrons. The first-order valence-electron chi connectivity index (χ1n) is 5.22. The van der Waals surface area contributed by atoms with Gasteiger partial charge in [0.2, 0.25) is 5.91 Å². The molecular weight excluding hydrogens is 194 g/mol. The molecule has 4 unspecified atom stereocenters. The summed E-state index contributed by atoms with van der Waals surface area (Å²) in [6.45, 7) is 8.46. The molecule has 0 spiro atoms. The highest BCUT2D eigenvalue weighted by atomic mass is 32.1. The molecule has 0 N–H and O–H groups in total. The normalized spacial score (nSPS) is 50.3. The van der Waals surface area contributed by atoms with Gasteiger partial charge in [-0.2, -0.15) is 12.6 Å². The van der Waals surface area contributed by atoms with Crippen molar-refractivity contribution in [2.45, 2.75) is 38.5 Å². The van der Waals surface area contributed by atoms with E-state index in [9.17, 15) is 4.79 Å². The van der Waals surface area contributed by atoms with E-state index in [2.05, 4.69) is 27.7 Å². The average molecular weight is 213 g/mol. The van der Waals surface area contributed by atoms with Crippen LogP contribution in [0.3, 0.4) is 0 Å². The van der Waals surface area contributed by atoms with E-state index in [-0.39, 0.29) is 16.1 Å². The van der Waals surface area contributed by atoms with Crippen LogP contribution in [0.4, 0.5) is 0 Å². The van der Waals surface area contributed by atoms with Crippen LogP contribution in [0.25, 0.3) is 0 Å². The number of hydrogen-bond donors (Lipinski definition) is 1. The fourth-order valence-electron chi connectivity index (χ4n) is 3.58. The third-order valence-corrected chi connectivity index (χ3v) is 5.19. The molecule has 0 bridgehead atoms. The highest BCUT2D eigenvalue weighted by molar-refractivity contribution is 7.81. The van der Waals surface area contributed by atoms with Gasteiger partial charge in [0.05, 0.1) is 0 Å². The molecule has 0 aromatic heterocycles. The molecule has 1 aliphatic carbocycles. The first-order chi connectivity index (χ1) is 6.22. The van der Waals surface area contributed by atoms with E-state index in [0.717, 1.165) is 0 Å². The van der Waals surface area contributed by atoms with Crippen LogP contribution in [0, 0.1) is 17.3 Å². The molecule has 2 fully saturated rings. The molecule has 0 radical (unpaired) electrons. The smallest absolute Gasteiger partial charge is 0.228 e. The van der Waals surface area contributed by atoms with Crippen LogP contribution in [0.1, 0.15) is 27.7 Å².